The van der Waals surface area contributed by atoms with Crippen LogP contribution in [0.1, 0.15) is 35.6 Å². The second-order valence-electron chi connectivity index (χ2n) is 6.53. The lowest BCUT2D eigenvalue weighted by molar-refractivity contribution is 0.601. The Labute approximate surface area is 163 Å². The van der Waals surface area contributed by atoms with Crippen LogP contribution in [0.25, 0.3) is 5.69 Å². The zero-order valence-electron chi connectivity index (χ0n) is 14.2. The molecule has 1 aromatic heterocycles. The first-order chi connectivity index (χ1) is 13.0. The van der Waals surface area contributed by atoms with Crippen molar-refractivity contribution in [1.29, 1.82) is 5.41 Å². The van der Waals surface area contributed by atoms with Gasteiger partial charge in [-0.25, -0.2) is 4.39 Å². The van der Waals surface area contributed by atoms with Gasteiger partial charge < -0.3 is 5.73 Å². The number of para-hydroxylation sites is 1. The van der Waals surface area contributed by atoms with Gasteiger partial charge in [0.15, 0.2) is 0 Å². The van der Waals surface area contributed by atoms with Crippen LogP contribution in [0.2, 0.25) is 0 Å². The first kappa shape index (κ1) is 17.6. The van der Waals surface area contributed by atoms with Crippen LogP contribution in [-0.4, -0.2) is 15.5 Å². The Morgan fingerprint density at radius 2 is 1.93 bits per heavy atom. The maximum Gasteiger partial charge on any atom is 0.273 e. The summed E-state index contributed by atoms with van der Waals surface area (Å²) in [5.74, 6) is -0.281. The fraction of sp³-hybridized carbons (Fsp3) is 0.150. The molecule has 4 rings (SSSR count). The SMILES string of the molecule is N=C(c1ccc(Br)cc1)c1nn(-c2c(F)cccc2C2CC2)c(=O)cc1N. The molecule has 2 aromatic carbocycles. The zero-order chi connectivity index (χ0) is 19.1. The Balaban J connectivity index is 1.87. The molecule has 27 heavy (non-hydrogen) atoms. The summed E-state index contributed by atoms with van der Waals surface area (Å²) >= 11 is 3.35. The molecule has 0 amide bonds. The van der Waals surface area contributed by atoms with E-state index < -0.39 is 11.4 Å². The number of nitrogens with one attached hydrogen (secondary N) is 1. The van der Waals surface area contributed by atoms with Gasteiger partial charge in [0.2, 0.25) is 0 Å². The lowest BCUT2D eigenvalue weighted by Gasteiger charge is -2.14. The van der Waals surface area contributed by atoms with E-state index >= 15 is 0 Å². The summed E-state index contributed by atoms with van der Waals surface area (Å²) in [4.78, 5) is 12.5. The third-order valence-electron chi connectivity index (χ3n) is 4.58. The quantitative estimate of drug-likeness (QED) is 0.617. The Kier molecular flexibility index (Phi) is 4.39. The smallest absolute Gasteiger partial charge is 0.273 e. The number of hydrogen-bond acceptors (Lipinski definition) is 4. The van der Waals surface area contributed by atoms with Gasteiger partial charge in [0.1, 0.15) is 17.2 Å². The van der Waals surface area contributed by atoms with Crippen molar-refractivity contribution in [1.82, 2.24) is 9.78 Å². The standard InChI is InChI=1S/C20H16BrFN4O/c21-13-8-6-12(7-9-13)18(24)19-16(23)10-17(27)26(25-19)20-14(11-4-5-11)2-1-3-15(20)22/h1-3,6-11,24H,4-5,23H2. The maximum absolute atomic E-state index is 14.6. The largest absolute Gasteiger partial charge is 0.397 e. The molecule has 136 valence electrons. The number of aromatic nitrogens is 2. The van der Waals surface area contributed by atoms with E-state index in [9.17, 15) is 9.18 Å². The second kappa shape index (κ2) is 6.74. The molecule has 5 nitrogen and oxygen atoms in total. The van der Waals surface area contributed by atoms with Gasteiger partial charge in [0.25, 0.3) is 5.56 Å². The van der Waals surface area contributed by atoms with Crippen molar-refractivity contribution in [3.05, 3.63) is 86.0 Å². The van der Waals surface area contributed by atoms with E-state index in [1.807, 2.05) is 6.07 Å². The molecule has 0 atom stereocenters. The number of hydrogen-bond donors (Lipinski definition) is 2. The highest BCUT2D eigenvalue weighted by Gasteiger charge is 2.29. The highest BCUT2D eigenvalue weighted by Crippen LogP contribution is 2.43. The zero-order valence-corrected chi connectivity index (χ0v) is 15.8. The molecule has 1 fully saturated rings. The summed E-state index contributed by atoms with van der Waals surface area (Å²) in [5.41, 5.74) is 7.25. The van der Waals surface area contributed by atoms with Gasteiger partial charge in [-0.2, -0.15) is 9.78 Å². The van der Waals surface area contributed by atoms with Crippen LogP contribution in [0.4, 0.5) is 10.1 Å². The van der Waals surface area contributed by atoms with Gasteiger partial charge >= 0.3 is 0 Å². The van der Waals surface area contributed by atoms with Crippen molar-refractivity contribution in [2.24, 2.45) is 0 Å². The van der Waals surface area contributed by atoms with E-state index in [-0.39, 0.29) is 28.7 Å². The predicted octanol–water partition coefficient (Wildman–Crippen LogP) is 4.01. The van der Waals surface area contributed by atoms with Crippen LogP contribution in [0.15, 0.2) is 57.8 Å². The highest BCUT2D eigenvalue weighted by molar-refractivity contribution is 9.10. The molecule has 1 saturated carbocycles. The molecule has 7 heteroatoms. The first-order valence-electron chi connectivity index (χ1n) is 8.49. The van der Waals surface area contributed by atoms with Crippen molar-refractivity contribution >= 4 is 27.3 Å². The maximum atomic E-state index is 14.6. The van der Waals surface area contributed by atoms with E-state index in [2.05, 4.69) is 21.0 Å². The van der Waals surface area contributed by atoms with Gasteiger partial charge in [-0.05, 0) is 42.5 Å². The summed E-state index contributed by atoms with van der Waals surface area (Å²) in [7, 11) is 0. The van der Waals surface area contributed by atoms with Crippen molar-refractivity contribution < 1.29 is 4.39 Å². The molecular weight excluding hydrogens is 411 g/mol. The van der Waals surface area contributed by atoms with Gasteiger partial charge in [0.05, 0.1) is 11.4 Å². The molecule has 0 unspecified atom stereocenters. The second-order valence-corrected chi connectivity index (χ2v) is 7.45. The number of benzene rings is 2. The number of nitrogens with zero attached hydrogens (tertiary/aromatic N) is 2. The topological polar surface area (TPSA) is 84.8 Å². The summed E-state index contributed by atoms with van der Waals surface area (Å²) in [6.07, 6.45) is 1.92. The Bertz CT molecular complexity index is 1100. The average molecular weight is 427 g/mol. The first-order valence-corrected chi connectivity index (χ1v) is 9.28. The minimum absolute atomic E-state index is 0.0676. The van der Waals surface area contributed by atoms with E-state index in [0.717, 1.165) is 27.6 Å². The third kappa shape index (κ3) is 3.30. The van der Waals surface area contributed by atoms with E-state index in [1.165, 1.54) is 12.1 Å². The number of anilines is 1. The summed E-state index contributed by atoms with van der Waals surface area (Å²) in [6.45, 7) is 0. The fourth-order valence-electron chi connectivity index (χ4n) is 3.06. The summed E-state index contributed by atoms with van der Waals surface area (Å²) in [5, 5.41) is 12.7. The summed E-state index contributed by atoms with van der Waals surface area (Å²) < 4.78 is 16.5. The van der Waals surface area contributed by atoms with Crippen molar-refractivity contribution in [3.63, 3.8) is 0 Å². The van der Waals surface area contributed by atoms with Gasteiger partial charge in [-0.15, -0.1) is 0 Å². The number of nitrogen functional groups attached to an aromatic ring is 1. The lowest BCUT2D eigenvalue weighted by Crippen LogP contribution is -2.26. The molecule has 0 bridgehead atoms. The van der Waals surface area contributed by atoms with Crippen LogP contribution in [0.5, 0.6) is 0 Å². The van der Waals surface area contributed by atoms with Crippen LogP contribution in [-0.2, 0) is 0 Å². The van der Waals surface area contributed by atoms with Crippen LogP contribution < -0.4 is 11.3 Å². The van der Waals surface area contributed by atoms with E-state index in [0.29, 0.717) is 5.56 Å². The number of rotatable bonds is 4. The molecular formula is C20H16BrFN4O. The summed E-state index contributed by atoms with van der Waals surface area (Å²) in [6, 6.07) is 13.1. The highest BCUT2D eigenvalue weighted by atomic mass is 79.9. The van der Waals surface area contributed by atoms with Gasteiger partial charge in [-0.3, -0.25) is 10.2 Å². The van der Waals surface area contributed by atoms with Gasteiger partial charge in [0, 0.05) is 16.1 Å². The third-order valence-corrected chi connectivity index (χ3v) is 5.11. The normalized spacial score (nSPS) is 13.6. The molecule has 3 N–H and O–H groups in total. The molecule has 1 heterocycles. The molecule has 3 aromatic rings. The molecule has 0 radical (unpaired) electrons. The van der Waals surface area contributed by atoms with Crippen molar-refractivity contribution in [3.8, 4) is 5.69 Å². The van der Waals surface area contributed by atoms with Gasteiger partial charge in [-0.1, -0.05) is 40.2 Å². The number of nitrogens with two attached hydrogens (primary N) is 1. The molecule has 0 aliphatic heterocycles. The van der Waals surface area contributed by atoms with E-state index in [1.54, 1.807) is 30.3 Å². The minimum Gasteiger partial charge on any atom is -0.397 e. The van der Waals surface area contributed by atoms with E-state index in [4.69, 9.17) is 11.1 Å². The molecule has 1 aliphatic carbocycles. The predicted molar refractivity (Wildman–Crippen MR) is 106 cm³/mol. The Morgan fingerprint density at radius 1 is 1.22 bits per heavy atom. The Morgan fingerprint density at radius 3 is 2.59 bits per heavy atom. The van der Waals surface area contributed by atoms with Crippen LogP contribution in [0, 0.1) is 11.2 Å². The van der Waals surface area contributed by atoms with Crippen molar-refractivity contribution in [2.75, 3.05) is 5.73 Å². The minimum atomic E-state index is -0.521. The fourth-order valence-corrected chi connectivity index (χ4v) is 3.32. The molecule has 0 saturated heterocycles. The molecule has 0 spiro atoms. The van der Waals surface area contributed by atoms with Crippen LogP contribution >= 0.6 is 15.9 Å². The number of halogens is 2. The Hall–Kier alpha value is -2.80. The monoisotopic (exact) mass is 426 g/mol. The lowest BCUT2D eigenvalue weighted by atomic mass is 10.1. The average Bonchev–Trinajstić information content (AvgIpc) is 3.47. The van der Waals surface area contributed by atoms with Crippen LogP contribution in [0.3, 0.4) is 0 Å². The van der Waals surface area contributed by atoms with Crippen molar-refractivity contribution in [2.45, 2.75) is 18.8 Å². The molecule has 1 aliphatic rings.